The maximum absolute atomic E-state index is 13.7. The second kappa shape index (κ2) is 8.10. The van der Waals surface area contributed by atoms with E-state index >= 15 is 0 Å². The van der Waals surface area contributed by atoms with Gasteiger partial charge in [-0.05, 0) is 24.7 Å². The van der Waals surface area contributed by atoms with E-state index in [4.69, 9.17) is 0 Å². The molecular weight excluding hydrogens is 362 g/mol. The van der Waals surface area contributed by atoms with Gasteiger partial charge < -0.3 is 20.4 Å². The van der Waals surface area contributed by atoms with Crippen molar-refractivity contribution in [2.45, 2.75) is 13.0 Å². The molecule has 0 amide bonds. The Balaban J connectivity index is 1.54. The molecule has 2 N–H and O–H groups in total. The molecule has 2 aliphatic heterocycles. The van der Waals surface area contributed by atoms with Crippen LogP contribution >= 0.6 is 0 Å². The Morgan fingerprint density at radius 2 is 1.86 bits per heavy atom. The first-order valence-corrected chi connectivity index (χ1v) is 9.44. The standard InChI is InChI=1S/C20H24F2N6/c1-27-6-8-28(9-7-27)19-15(20(21)22)12-23-13-18(19)26-11-14-2-3-16-17(10-14)25-5-4-24-16/h2-5,10,13,20,23,26H,6-9,11-12H2,1H3. The number of benzene rings is 1. The number of rotatable bonds is 5. The molecule has 6 nitrogen and oxygen atoms in total. The molecule has 0 aliphatic carbocycles. The van der Waals surface area contributed by atoms with Gasteiger partial charge in [0.2, 0.25) is 0 Å². The molecule has 4 rings (SSSR count). The number of alkyl halides is 2. The minimum atomic E-state index is -2.48. The Kier molecular flexibility index (Phi) is 5.38. The van der Waals surface area contributed by atoms with Crippen LogP contribution in [0.25, 0.3) is 11.0 Å². The van der Waals surface area contributed by atoms with Crippen molar-refractivity contribution in [2.75, 3.05) is 39.8 Å². The topological polar surface area (TPSA) is 56.3 Å². The van der Waals surface area contributed by atoms with Gasteiger partial charge in [-0.25, -0.2) is 8.78 Å². The number of nitrogens with one attached hydrogen (secondary N) is 2. The minimum Gasteiger partial charge on any atom is -0.385 e. The zero-order chi connectivity index (χ0) is 19.5. The van der Waals surface area contributed by atoms with E-state index in [1.165, 1.54) is 0 Å². The summed E-state index contributed by atoms with van der Waals surface area (Å²) < 4.78 is 27.4. The molecule has 0 unspecified atom stereocenters. The summed E-state index contributed by atoms with van der Waals surface area (Å²) in [4.78, 5) is 12.9. The molecule has 3 heterocycles. The molecule has 1 aromatic carbocycles. The van der Waals surface area contributed by atoms with Crippen molar-refractivity contribution in [3.63, 3.8) is 0 Å². The zero-order valence-corrected chi connectivity index (χ0v) is 15.8. The van der Waals surface area contributed by atoms with Crippen molar-refractivity contribution >= 4 is 11.0 Å². The molecule has 0 saturated carbocycles. The van der Waals surface area contributed by atoms with Gasteiger partial charge in [0, 0.05) is 63.4 Å². The highest BCUT2D eigenvalue weighted by molar-refractivity contribution is 5.74. The fraction of sp³-hybridized carbons (Fsp3) is 0.400. The predicted octanol–water partition coefficient (Wildman–Crippen LogP) is 1.93. The first-order chi connectivity index (χ1) is 13.6. The molecular formula is C20H24F2N6. The maximum Gasteiger partial charge on any atom is 0.263 e. The molecule has 8 heteroatoms. The van der Waals surface area contributed by atoms with Gasteiger partial charge in [-0.15, -0.1) is 0 Å². The van der Waals surface area contributed by atoms with Gasteiger partial charge in [0.15, 0.2) is 0 Å². The van der Waals surface area contributed by atoms with Crippen molar-refractivity contribution in [1.82, 2.24) is 30.4 Å². The summed E-state index contributed by atoms with van der Waals surface area (Å²) in [5.74, 6) is 0. The number of aromatic nitrogens is 2. The van der Waals surface area contributed by atoms with Crippen LogP contribution in [0, 0.1) is 0 Å². The molecule has 1 fully saturated rings. The molecule has 0 bridgehead atoms. The van der Waals surface area contributed by atoms with Gasteiger partial charge in [0.25, 0.3) is 6.43 Å². The number of dihydropyridines is 1. The van der Waals surface area contributed by atoms with E-state index in [1.54, 1.807) is 18.6 Å². The van der Waals surface area contributed by atoms with E-state index in [-0.39, 0.29) is 12.1 Å². The van der Waals surface area contributed by atoms with Crippen LogP contribution in [0.5, 0.6) is 0 Å². The Labute approximate surface area is 162 Å². The normalized spacial score (nSPS) is 18.4. The first kappa shape index (κ1) is 18.6. The number of hydrogen-bond donors (Lipinski definition) is 2. The lowest BCUT2D eigenvalue weighted by Crippen LogP contribution is -2.47. The van der Waals surface area contributed by atoms with Crippen molar-refractivity contribution < 1.29 is 8.78 Å². The molecule has 2 aromatic rings. The summed E-state index contributed by atoms with van der Waals surface area (Å²) in [7, 11) is 2.06. The second-order valence-corrected chi connectivity index (χ2v) is 7.14. The van der Waals surface area contributed by atoms with Gasteiger partial charge >= 0.3 is 0 Å². The fourth-order valence-electron chi connectivity index (χ4n) is 3.62. The molecule has 0 atom stereocenters. The molecule has 0 radical (unpaired) electrons. The largest absolute Gasteiger partial charge is 0.385 e. The van der Waals surface area contributed by atoms with E-state index in [9.17, 15) is 8.78 Å². The van der Waals surface area contributed by atoms with Crippen LogP contribution in [0.2, 0.25) is 0 Å². The third-order valence-corrected chi connectivity index (χ3v) is 5.20. The van der Waals surface area contributed by atoms with Crippen LogP contribution in [0.4, 0.5) is 8.78 Å². The van der Waals surface area contributed by atoms with Gasteiger partial charge in [0.05, 0.1) is 22.4 Å². The van der Waals surface area contributed by atoms with Gasteiger partial charge in [-0.1, -0.05) is 6.07 Å². The summed E-state index contributed by atoms with van der Waals surface area (Å²) in [5, 5.41) is 6.34. The Morgan fingerprint density at radius 3 is 2.61 bits per heavy atom. The summed E-state index contributed by atoms with van der Waals surface area (Å²) in [5.41, 5.74) is 4.19. The van der Waals surface area contributed by atoms with Crippen LogP contribution in [-0.2, 0) is 6.54 Å². The van der Waals surface area contributed by atoms with E-state index in [0.717, 1.165) is 42.8 Å². The van der Waals surface area contributed by atoms with Crippen LogP contribution in [-0.4, -0.2) is 66.0 Å². The highest BCUT2D eigenvalue weighted by Crippen LogP contribution is 2.26. The van der Waals surface area contributed by atoms with Crippen molar-refractivity contribution in [2.24, 2.45) is 0 Å². The van der Waals surface area contributed by atoms with Crippen LogP contribution in [0.1, 0.15) is 5.56 Å². The summed E-state index contributed by atoms with van der Waals surface area (Å²) >= 11 is 0. The Bertz CT molecular complexity index is 902. The van der Waals surface area contributed by atoms with E-state index in [2.05, 4.69) is 37.4 Å². The molecule has 148 valence electrons. The third kappa shape index (κ3) is 3.91. The third-order valence-electron chi connectivity index (χ3n) is 5.20. The summed E-state index contributed by atoms with van der Waals surface area (Å²) in [6.45, 7) is 3.91. The van der Waals surface area contributed by atoms with Crippen molar-refractivity contribution in [3.8, 4) is 0 Å². The minimum absolute atomic E-state index is 0.152. The Hall–Kier alpha value is -2.74. The predicted molar refractivity (Wildman–Crippen MR) is 105 cm³/mol. The molecule has 1 aromatic heterocycles. The highest BCUT2D eigenvalue weighted by atomic mass is 19.3. The van der Waals surface area contributed by atoms with Crippen molar-refractivity contribution in [1.29, 1.82) is 0 Å². The van der Waals surface area contributed by atoms with Crippen LogP contribution in [0.15, 0.2) is 53.8 Å². The Morgan fingerprint density at radius 1 is 1.11 bits per heavy atom. The van der Waals surface area contributed by atoms with Crippen LogP contribution in [0.3, 0.4) is 0 Å². The maximum atomic E-state index is 13.7. The average Bonchev–Trinajstić information content (AvgIpc) is 2.72. The zero-order valence-electron chi connectivity index (χ0n) is 15.8. The second-order valence-electron chi connectivity index (χ2n) is 7.14. The van der Waals surface area contributed by atoms with Crippen molar-refractivity contribution in [3.05, 3.63) is 59.3 Å². The highest BCUT2D eigenvalue weighted by Gasteiger charge is 2.28. The number of nitrogens with zero attached hydrogens (tertiary/aromatic N) is 4. The fourth-order valence-corrected chi connectivity index (χ4v) is 3.62. The number of fused-ring (bicyclic) bond motifs is 1. The number of piperazine rings is 1. The van der Waals surface area contributed by atoms with E-state index in [0.29, 0.717) is 17.9 Å². The number of hydrogen-bond acceptors (Lipinski definition) is 6. The average molecular weight is 386 g/mol. The monoisotopic (exact) mass is 386 g/mol. The lowest BCUT2D eigenvalue weighted by molar-refractivity contribution is 0.161. The molecule has 2 aliphatic rings. The lowest BCUT2D eigenvalue weighted by Gasteiger charge is -2.39. The summed E-state index contributed by atoms with van der Waals surface area (Å²) in [6.07, 6.45) is 2.65. The van der Waals surface area contributed by atoms with Gasteiger partial charge in [0.1, 0.15) is 0 Å². The quantitative estimate of drug-likeness (QED) is 0.819. The smallest absolute Gasteiger partial charge is 0.263 e. The SMILES string of the molecule is CN1CCN(C2=C(C(F)F)CNC=C2NCc2ccc3nccnc3c2)CC1. The lowest BCUT2D eigenvalue weighted by atomic mass is 10.1. The van der Waals surface area contributed by atoms with Gasteiger partial charge in [-0.2, -0.15) is 0 Å². The number of likely N-dealkylation sites (N-methyl/N-ethyl adjacent to an activating group) is 1. The van der Waals surface area contributed by atoms with E-state index in [1.807, 2.05) is 18.2 Å². The number of halogens is 2. The summed E-state index contributed by atoms with van der Waals surface area (Å²) in [6, 6.07) is 5.88. The van der Waals surface area contributed by atoms with Gasteiger partial charge in [-0.3, -0.25) is 9.97 Å². The first-order valence-electron chi connectivity index (χ1n) is 9.44. The van der Waals surface area contributed by atoms with E-state index < -0.39 is 6.43 Å². The molecule has 0 spiro atoms. The van der Waals surface area contributed by atoms with Crippen LogP contribution < -0.4 is 10.6 Å². The molecule has 28 heavy (non-hydrogen) atoms. The molecule has 1 saturated heterocycles.